The van der Waals surface area contributed by atoms with Crippen molar-refractivity contribution in [3.63, 3.8) is 0 Å². The van der Waals surface area contributed by atoms with E-state index in [0.717, 1.165) is 5.56 Å². The zero-order valence-corrected chi connectivity index (χ0v) is 19.8. The Hall–Kier alpha value is -3.33. The number of benzene rings is 3. The number of unbranched alkanes of at least 4 members (excludes halogenated alkanes) is 1. The van der Waals surface area contributed by atoms with Gasteiger partial charge in [0.2, 0.25) is 15.9 Å². The van der Waals surface area contributed by atoms with E-state index in [1.165, 1.54) is 12.1 Å². The van der Waals surface area contributed by atoms with E-state index in [-0.39, 0.29) is 10.7 Å². The molecule has 0 saturated heterocycles. The lowest BCUT2D eigenvalue weighted by atomic mass is 10.0. The minimum Gasteiger partial charge on any atom is -0.330 e. The first-order valence-corrected chi connectivity index (χ1v) is 12.6. The summed E-state index contributed by atoms with van der Waals surface area (Å²) in [6.07, 6.45) is 1.57. The molecule has 7 nitrogen and oxygen atoms in total. The Morgan fingerprint density at radius 3 is 2.09 bits per heavy atom. The first-order valence-electron chi connectivity index (χ1n) is 11.1. The second kappa shape index (κ2) is 11.7. The van der Waals surface area contributed by atoms with E-state index < -0.39 is 22.0 Å². The number of nitrogens with two attached hydrogens (primary N) is 1. The highest BCUT2D eigenvalue weighted by Gasteiger charge is 2.25. The van der Waals surface area contributed by atoms with Crippen LogP contribution in [0.2, 0.25) is 0 Å². The van der Waals surface area contributed by atoms with Crippen molar-refractivity contribution < 1.29 is 18.0 Å². The van der Waals surface area contributed by atoms with Gasteiger partial charge >= 0.3 is 0 Å². The van der Waals surface area contributed by atoms with E-state index in [0.29, 0.717) is 42.6 Å². The van der Waals surface area contributed by atoms with Crippen molar-refractivity contribution in [1.82, 2.24) is 4.72 Å². The van der Waals surface area contributed by atoms with Gasteiger partial charge in [-0.25, -0.2) is 8.42 Å². The first-order chi connectivity index (χ1) is 16.3. The molecule has 3 aromatic carbocycles. The number of carbonyl (C=O) groups excluding carboxylic acids is 2. The Kier molecular flexibility index (Phi) is 8.70. The van der Waals surface area contributed by atoms with Crippen LogP contribution in [0.25, 0.3) is 0 Å². The summed E-state index contributed by atoms with van der Waals surface area (Å²) in [5, 5.41) is 2.75. The summed E-state index contributed by atoms with van der Waals surface area (Å²) in [6.45, 7) is 2.32. The number of ketones is 1. The average molecular weight is 480 g/mol. The topological polar surface area (TPSA) is 118 Å². The van der Waals surface area contributed by atoms with E-state index in [1.807, 2.05) is 13.0 Å². The van der Waals surface area contributed by atoms with Crippen LogP contribution in [0.4, 0.5) is 5.69 Å². The van der Waals surface area contributed by atoms with Crippen LogP contribution < -0.4 is 15.8 Å². The van der Waals surface area contributed by atoms with Crippen molar-refractivity contribution >= 4 is 27.4 Å². The molecule has 34 heavy (non-hydrogen) atoms. The summed E-state index contributed by atoms with van der Waals surface area (Å²) < 4.78 is 28.2. The van der Waals surface area contributed by atoms with E-state index in [9.17, 15) is 18.0 Å². The number of hydrogen-bond acceptors (Lipinski definition) is 5. The second-order valence-electron chi connectivity index (χ2n) is 8.03. The maximum Gasteiger partial charge on any atom is 0.242 e. The lowest BCUT2D eigenvalue weighted by molar-refractivity contribution is -0.117. The van der Waals surface area contributed by atoms with Crippen LogP contribution in [0.3, 0.4) is 0 Å². The minimum absolute atomic E-state index is 0.0958. The molecule has 0 aromatic heterocycles. The van der Waals surface area contributed by atoms with Crippen LogP contribution in [-0.4, -0.2) is 32.7 Å². The summed E-state index contributed by atoms with van der Waals surface area (Å²) in [4.78, 5) is 25.6. The van der Waals surface area contributed by atoms with Gasteiger partial charge in [-0.2, -0.15) is 4.72 Å². The van der Waals surface area contributed by atoms with Crippen LogP contribution in [0.15, 0.2) is 83.8 Å². The average Bonchev–Trinajstić information content (AvgIpc) is 2.84. The van der Waals surface area contributed by atoms with Gasteiger partial charge in [-0.05, 0) is 62.7 Å². The maximum atomic E-state index is 13.0. The molecule has 0 aliphatic carbocycles. The Morgan fingerprint density at radius 2 is 1.47 bits per heavy atom. The van der Waals surface area contributed by atoms with Gasteiger partial charge in [-0.15, -0.1) is 0 Å². The van der Waals surface area contributed by atoms with Gasteiger partial charge < -0.3 is 11.1 Å². The fraction of sp³-hybridized carbons (Fsp3) is 0.231. The van der Waals surface area contributed by atoms with Crippen LogP contribution in [0.1, 0.15) is 40.7 Å². The molecule has 0 bridgehead atoms. The molecule has 0 spiro atoms. The molecule has 1 amide bonds. The zero-order valence-electron chi connectivity index (χ0n) is 19.0. The molecule has 0 aliphatic heterocycles. The molecular weight excluding hydrogens is 450 g/mol. The normalized spacial score (nSPS) is 12.2. The lowest BCUT2D eigenvalue weighted by Crippen LogP contribution is -2.43. The molecule has 0 saturated carbocycles. The van der Waals surface area contributed by atoms with Gasteiger partial charge in [0.25, 0.3) is 0 Å². The van der Waals surface area contributed by atoms with Crippen LogP contribution in [0.5, 0.6) is 0 Å². The maximum absolute atomic E-state index is 13.0. The third-order valence-corrected chi connectivity index (χ3v) is 6.83. The number of hydrogen-bond donors (Lipinski definition) is 3. The largest absolute Gasteiger partial charge is 0.330 e. The summed E-state index contributed by atoms with van der Waals surface area (Å²) in [6, 6.07) is 20.9. The van der Waals surface area contributed by atoms with Crippen molar-refractivity contribution in [3.05, 3.63) is 95.6 Å². The van der Waals surface area contributed by atoms with Gasteiger partial charge in [0, 0.05) is 16.8 Å². The Balaban J connectivity index is 1.72. The first kappa shape index (κ1) is 25.3. The van der Waals surface area contributed by atoms with Crippen molar-refractivity contribution in [2.24, 2.45) is 5.73 Å². The fourth-order valence-electron chi connectivity index (χ4n) is 3.40. The molecule has 0 aliphatic rings. The van der Waals surface area contributed by atoms with Gasteiger partial charge in [-0.1, -0.05) is 54.4 Å². The molecule has 0 radical (unpaired) electrons. The highest BCUT2D eigenvalue weighted by Crippen LogP contribution is 2.16. The Bertz CT molecular complexity index is 1210. The third kappa shape index (κ3) is 6.84. The molecular formula is C26H29N3O4S. The number of sulfonamides is 1. The zero-order chi connectivity index (χ0) is 24.6. The number of carbonyl (C=O) groups is 2. The molecule has 0 unspecified atom stereocenters. The lowest BCUT2D eigenvalue weighted by Gasteiger charge is -2.19. The molecule has 3 aromatic rings. The highest BCUT2D eigenvalue weighted by molar-refractivity contribution is 7.89. The van der Waals surface area contributed by atoms with Crippen molar-refractivity contribution in [3.8, 4) is 0 Å². The third-order valence-electron chi connectivity index (χ3n) is 5.34. The molecule has 1 atom stereocenters. The quantitative estimate of drug-likeness (QED) is 0.287. The highest BCUT2D eigenvalue weighted by atomic mass is 32.2. The van der Waals surface area contributed by atoms with Gasteiger partial charge in [0.1, 0.15) is 6.04 Å². The number of anilines is 1. The SMILES string of the molecule is Cc1ccc(S(=O)(=O)N[C@@H](CCCCN)C(=O)Nc2ccc(C(=O)c3ccccc3)cc2)cc1. The predicted octanol–water partition coefficient (Wildman–Crippen LogP) is 3.64. The second-order valence-corrected chi connectivity index (χ2v) is 9.75. The number of nitrogens with one attached hydrogen (secondary N) is 2. The summed E-state index contributed by atoms with van der Waals surface area (Å²) >= 11 is 0. The number of rotatable bonds is 11. The fourth-order valence-corrected chi connectivity index (χ4v) is 4.63. The van der Waals surface area contributed by atoms with E-state index in [1.54, 1.807) is 60.7 Å². The smallest absolute Gasteiger partial charge is 0.242 e. The molecule has 4 N–H and O–H groups in total. The minimum atomic E-state index is -3.89. The van der Waals surface area contributed by atoms with Gasteiger partial charge in [-0.3, -0.25) is 9.59 Å². The van der Waals surface area contributed by atoms with E-state index >= 15 is 0 Å². The van der Waals surface area contributed by atoms with Crippen molar-refractivity contribution in [2.75, 3.05) is 11.9 Å². The Labute approximate surface area is 200 Å². The van der Waals surface area contributed by atoms with Gasteiger partial charge in [0.15, 0.2) is 5.78 Å². The molecule has 0 fully saturated rings. The molecule has 8 heteroatoms. The number of amides is 1. The predicted molar refractivity (Wildman–Crippen MR) is 133 cm³/mol. The summed E-state index contributed by atoms with van der Waals surface area (Å²) in [7, 11) is -3.89. The summed E-state index contributed by atoms with van der Waals surface area (Å²) in [5.41, 5.74) is 8.03. The monoisotopic (exact) mass is 479 g/mol. The van der Waals surface area contributed by atoms with Crippen molar-refractivity contribution in [1.29, 1.82) is 0 Å². The molecule has 178 valence electrons. The van der Waals surface area contributed by atoms with E-state index in [4.69, 9.17) is 5.73 Å². The van der Waals surface area contributed by atoms with Crippen LogP contribution >= 0.6 is 0 Å². The van der Waals surface area contributed by atoms with Gasteiger partial charge in [0.05, 0.1) is 4.90 Å². The van der Waals surface area contributed by atoms with Crippen molar-refractivity contribution in [2.45, 2.75) is 37.1 Å². The Morgan fingerprint density at radius 1 is 0.853 bits per heavy atom. The standard InChI is InChI=1S/C26H29N3O4S/c1-19-10-16-23(17-11-19)34(32,33)29-24(9-5-6-18-27)26(31)28-22-14-12-21(13-15-22)25(30)20-7-3-2-4-8-20/h2-4,7-8,10-17,24,29H,5-6,9,18,27H2,1H3,(H,28,31)/t24-/m0/s1. The number of aryl methyl sites for hydroxylation is 1. The van der Waals surface area contributed by atoms with Crippen LogP contribution in [0, 0.1) is 6.92 Å². The summed E-state index contributed by atoms with van der Waals surface area (Å²) in [5.74, 6) is -0.598. The molecule has 3 rings (SSSR count). The van der Waals surface area contributed by atoms with Crippen LogP contribution in [-0.2, 0) is 14.8 Å². The van der Waals surface area contributed by atoms with E-state index in [2.05, 4.69) is 10.0 Å². The molecule has 0 heterocycles.